The summed E-state index contributed by atoms with van der Waals surface area (Å²) in [5, 5.41) is 4.95. The van der Waals surface area contributed by atoms with Gasteiger partial charge in [0, 0.05) is 11.3 Å². The third-order valence-electron chi connectivity index (χ3n) is 3.94. The van der Waals surface area contributed by atoms with Gasteiger partial charge in [-0.15, -0.1) is 0 Å². The molecule has 1 amide bonds. The Morgan fingerprint density at radius 3 is 2.44 bits per heavy atom. The lowest BCUT2D eigenvalue weighted by atomic mass is 10.1. The molecular formula is C21H19NO3. The molecular weight excluding hydrogens is 314 g/mol. The Hall–Kier alpha value is -3.14. The van der Waals surface area contributed by atoms with E-state index in [1.54, 1.807) is 31.2 Å². The van der Waals surface area contributed by atoms with Gasteiger partial charge in [-0.05, 0) is 48.9 Å². The molecule has 3 rings (SSSR count). The summed E-state index contributed by atoms with van der Waals surface area (Å²) in [5.74, 6) is 0.323. The average molecular weight is 333 g/mol. The molecule has 1 atom stereocenters. The van der Waals surface area contributed by atoms with E-state index in [1.807, 2.05) is 42.5 Å². The standard InChI is InChI=1S/C21H19NO3/c1-14(23)17-8-5-9-19(12-17)22-21(24)15(2)25-20-11-10-16-6-3-4-7-18(16)13-20/h3-13,15H,1-2H3,(H,22,24)/t15-/m1/s1. The Labute approximate surface area is 146 Å². The van der Waals surface area contributed by atoms with Crippen LogP contribution in [0.4, 0.5) is 5.69 Å². The van der Waals surface area contributed by atoms with E-state index in [0.29, 0.717) is 17.0 Å². The minimum Gasteiger partial charge on any atom is -0.481 e. The van der Waals surface area contributed by atoms with E-state index in [-0.39, 0.29) is 11.7 Å². The first-order valence-corrected chi connectivity index (χ1v) is 8.10. The second-order valence-corrected chi connectivity index (χ2v) is 5.90. The Morgan fingerprint density at radius 2 is 1.68 bits per heavy atom. The zero-order valence-electron chi connectivity index (χ0n) is 14.2. The van der Waals surface area contributed by atoms with Gasteiger partial charge in [0.15, 0.2) is 11.9 Å². The Morgan fingerprint density at radius 1 is 0.920 bits per heavy atom. The minimum atomic E-state index is -0.665. The molecule has 0 saturated carbocycles. The molecule has 25 heavy (non-hydrogen) atoms. The van der Waals surface area contributed by atoms with Crippen LogP contribution in [0.25, 0.3) is 10.8 Å². The highest BCUT2D eigenvalue weighted by atomic mass is 16.5. The van der Waals surface area contributed by atoms with Crippen LogP contribution in [0.3, 0.4) is 0 Å². The van der Waals surface area contributed by atoms with Crippen molar-refractivity contribution in [2.45, 2.75) is 20.0 Å². The maximum absolute atomic E-state index is 12.3. The van der Waals surface area contributed by atoms with Crippen molar-refractivity contribution in [1.82, 2.24) is 0 Å². The van der Waals surface area contributed by atoms with Crippen LogP contribution < -0.4 is 10.1 Å². The van der Waals surface area contributed by atoms with Crippen molar-refractivity contribution in [2.75, 3.05) is 5.32 Å². The number of ketones is 1. The summed E-state index contributed by atoms with van der Waals surface area (Å²) < 4.78 is 5.76. The topological polar surface area (TPSA) is 55.4 Å². The van der Waals surface area contributed by atoms with Crippen molar-refractivity contribution in [3.8, 4) is 5.75 Å². The predicted molar refractivity (Wildman–Crippen MR) is 99.1 cm³/mol. The molecule has 4 heteroatoms. The van der Waals surface area contributed by atoms with Crippen LogP contribution in [0.1, 0.15) is 24.2 Å². The van der Waals surface area contributed by atoms with Crippen LogP contribution in [-0.4, -0.2) is 17.8 Å². The predicted octanol–water partition coefficient (Wildman–Crippen LogP) is 4.45. The van der Waals surface area contributed by atoms with Gasteiger partial charge < -0.3 is 10.1 Å². The van der Waals surface area contributed by atoms with Gasteiger partial charge >= 0.3 is 0 Å². The fraction of sp³-hybridized carbons (Fsp3) is 0.143. The highest BCUT2D eigenvalue weighted by Gasteiger charge is 2.15. The second kappa shape index (κ2) is 7.18. The van der Waals surface area contributed by atoms with E-state index in [4.69, 9.17) is 4.74 Å². The van der Waals surface area contributed by atoms with Gasteiger partial charge in [0.05, 0.1) is 0 Å². The Bertz CT molecular complexity index is 933. The van der Waals surface area contributed by atoms with Crippen molar-refractivity contribution >= 4 is 28.2 Å². The number of carbonyl (C=O) groups excluding carboxylic acids is 2. The highest BCUT2D eigenvalue weighted by Crippen LogP contribution is 2.22. The summed E-state index contributed by atoms with van der Waals surface area (Å²) in [7, 11) is 0. The third kappa shape index (κ3) is 4.04. The molecule has 0 unspecified atom stereocenters. The summed E-state index contributed by atoms with van der Waals surface area (Å²) in [4.78, 5) is 23.8. The molecule has 0 heterocycles. The van der Waals surface area contributed by atoms with Gasteiger partial charge in [-0.3, -0.25) is 9.59 Å². The first kappa shape index (κ1) is 16.7. The fourth-order valence-electron chi connectivity index (χ4n) is 2.56. The number of ether oxygens (including phenoxy) is 1. The maximum Gasteiger partial charge on any atom is 0.265 e. The number of hydrogen-bond donors (Lipinski definition) is 1. The van der Waals surface area contributed by atoms with Crippen LogP contribution in [0.5, 0.6) is 5.75 Å². The number of amides is 1. The molecule has 0 aliphatic carbocycles. The van der Waals surface area contributed by atoms with Gasteiger partial charge in [-0.25, -0.2) is 0 Å². The van der Waals surface area contributed by atoms with Gasteiger partial charge in [-0.2, -0.15) is 0 Å². The van der Waals surface area contributed by atoms with Gasteiger partial charge in [0.25, 0.3) is 5.91 Å². The molecule has 1 N–H and O–H groups in total. The number of anilines is 1. The number of rotatable bonds is 5. The first-order valence-electron chi connectivity index (χ1n) is 8.10. The molecule has 4 nitrogen and oxygen atoms in total. The summed E-state index contributed by atoms with van der Waals surface area (Å²) in [6, 6.07) is 20.5. The average Bonchev–Trinajstić information content (AvgIpc) is 2.61. The largest absolute Gasteiger partial charge is 0.481 e. The molecule has 0 aliphatic heterocycles. The van der Waals surface area contributed by atoms with Crippen LogP contribution in [0, 0.1) is 0 Å². The first-order chi connectivity index (χ1) is 12.0. The smallest absolute Gasteiger partial charge is 0.265 e. The summed E-state index contributed by atoms with van der Waals surface area (Å²) in [6.45, 7) is 3.19. The SMILES string of the molecule is CC(=O)c1cccc(NC(=O)[C@@H](C)Oc2ccc3ccccc3c2)c1. The summed E-state index contributed by atoms with van der Waals surface area (Å²) >= 11 is 0. The number of fused-ring (bicyclic) bond motifs is 1. The zero-order valence-corrected chi connectivity index (χ0v) is 14.2. The number of Topliss-reactive ketones (excluding diaryl/α,β-unsaturated/α-hetero) is 1. The normalized spacial score (nSPS) is 11.8. The Balaban J connectivity index is 1.69. The lowest BCUT2D eigenvalue weighted by Crippen LogP contribution is -2.30. The fourth-order valence-corrected chi connectivity index (χ4v) is 2.56. The highest BCUT2D eigenvalue weighted by molar-refractivity contribution is 5.98. The van der Waals surface area contributed by atoms with Crippen molar-refractivity contribution in [2.24, 2.45) is 0 Å². The molecule has 0 fully saturated rings. The van der Waals surface area contributed by atoms with E-state index >= 15 is 0 Å². The van der Waals surface area contributed by atoms with Crippen LogP contribution in [0.15, 0.2) is 66.7 Å². The van der Waals surface area contributed by atoms with Gasteiger partial charge in [0.1, 0.15) is 5.75 Å². The minimum absolute atomic E-state index is 0.0449. The maximum atomic E-state index is 12.3. The number of benzene rings is 3. The van der Waals surface area contributed by atoms with Crippen molar-refractivity contribution in [3.05, 3.63) is 72.3 Å². The third-order valence-corrected chi connectivity index (χ3v) is 3.94. The van der Waals surface area contributed by atoms with E-state index in [1.165, 1.54) is 6.92 Å². The lowest BCUT2D eigenvalue weighted by Gasteiger charge is -2.15. The Kier molecular flexibility index (Phi) is 4.80. The van der Waals surface area contributed by atoms with E-state index < -0.39 is 6.10 Å². The van der Waals surface area contributed by atoms with E-state index in [9.17, 15) is 9.59 Å². The molecule has 0 aromatic heterocycles. The second-order valence-electron chi connectivity index (χ2n) is 5.90. The molecule has 0 radical (unpaired) electrons. The van der Waals surface area contributed by atoms with Crippen LogP contribution in [-0.2, 0) is 4.79 Å². The number of hydrogen-bond acceptors (Lipinski definition) is 3. The zero-order chi connectivity index (χ0) is 17.8. The summed E-state index contributed by atoms with van der Waals surface area (Å²) in [5.41, 5.74) is 1.13. The summed E-state index contributed by atoms with van der Waals surface area (Å²) in [6.07, 6.45) is -0.665. The molecule has 0 aliphatic rings. The molecule has 0 saturated heterocycles. The molecule has 3 aromatic carbocycles. The van der Waals surface area contributed by atoms with Crippen LogP contribution in [0.2, 0.25) is 0 Å². The lowest BCUT2D eigenvalue weighted by molar-refractivity contribution is -0.122. The molecule has 126 valence electrons. The monoisotopic (exact) mass is 333 g/mol. The molecule has 3 aromatic rings. The molecule has 0 spiro atoms. The van der Waals surface area contributed by atoms with E-state index in [2.05, 4.69) is 5.32 Å². The molecule has 0 bridgehead atoms. The number of nitrogens with one attached hydrogen (secondary N) is 1. The van der Waals surface area contributed by atoms with Gasteiger partial charge in [-0.1, -0.05) is 42.5 Å². The van der Waals surface area contributed by atoms with Crippen LogP contribution >= 0.6 is 0 Å². The quantitative estimate of drug-likeness (QED) is 0.702. The van der Waals surface area contributed by atoms with Gasteiger partial charge in [0.2, 0.25) is 0 Å². The van der Waals surface area contributed by atoms with E-state index in [0.717, 1.165) is 10.8 Å². The number of carbonyl (C=O) groups is 2. The van der Waals surface area contributed by atoms with Crippen molar-refractivity contribution in [1.29, 1.82) is 0 Å². The van der Waals surface area contributed by atoms with Crippen molar-refractivity contribution < 1.29 is 14.3 Å². The van der Waals surface area contributed by atoms with Crippen molar-refractivity contribution in [3.63, 3.8) is 0 Å².